The average Bonchev–Trinajstić information content (AvgIpc) is 4.05. The van der Waals surface area contributed by atoms with Crippen molar-refractivity contribution in [3.05, 3.63) is 36.4 Å². The molecule has 0 radical (unpaired) electrons. The van der Waals surface area contributed by atoms with E-state index in [1.807, 2.05) is 44.2 Å². The lowest BCUT2D eigenvalue weighted by Crippen LogP contribution is -2.59. The van der Waals surface area contributed by atoms with Gasteiger partial charge in [-0.2, -0.15) is 4.98 Å². The van der Waals surface area contributed by atoms with Gasteiger partial charge in [0.1, 0.15) is 35.3 Å². The molecular weight excluding hydrogens is 745 g/mol. The molecule has 3 aliphatic heterocycles. The highest BCUT2D eigenvalue weighted by molar-refractivity contribution is 7.91. The summed E-state index contributed by atoms with van der Waals surface area (Å²) >= 11 is 0. The van der Waals surface area contributed by atoms with E-state index in [4.69, 9.17) is 19.2 Å². The van der Waals surface area contributed by atoms with Crippen molar-refractivity contribution in [3.63, 3.8) is 0 Å². The Morgan fingerprint density at radius 3 is 2.55 bits per heavy atom. The lowest BCUT2D eigenvalue weighted by atomic mass is 9.88. The van der Waals surface area contributed by atoms with Crippen LogP contribution in [0.4, 0.5) is 10.6 Å². The molecule has 2 saturated heterocycles. The smallest absolute Gasteiger partial charge is 0.405 e. The minimum atomic E-state index is -4.01. The Morgan fingerprint density at radius 1 is 1.11 bits per heavy atom. The number of carbonyl (C=O) groups is 4. The molecule has 1 aromatic heterocycles. The molecule has 16 nitrogen and oxygen atoms in total. The van der Waals surface area contributed by atoms with Crippen LogP contribution in [0.15, 0.2) is 36.4 Å². The lowest BCUT2D eigenvalue weighted by Gasteiger charge is -2.32. The number of benzene rings is 1. The van der Waals surface area contributed by atoms with Crippen LogP contribution in [0.2, 0.25) is 0 Å². The Hall–Kier alpha value is -4.64. The molecule has 2 aliphatic carbocycles. The van der Waals surface area contributed by atoms with E-state index in [9.17, 15) is 32.7 Å². The molecule has 304 valence electrons. The number of aromatic nitrogens is 1. The minimum absolute atomic E-state index is 0.00215. The molecule has 17 heteroatoms. The first-order valence-corrected chi connectivity index (χ1v) is 20.9. The highest BCUT2D eigenvalue weighted by atomic mass is 32.2. The second-order valence-corrected chi connectivity index (χ2v) is 18.6. The first kappa shape index (κ1) is 39.6. The van der Waals surface area contributed by atoms with Crippen molar-refractivity contribution in [1.82, 2.24) is 25.2 Å². The number of sulfonamides is 1. The van der Waals surface area contributed by atoms with Crippen LogP contribution in [0.3, 0.4) is 0 Å². The molecule has 2 saturated carbocycles. The number of nitrogens with one attached hydrogen (secondary N) is 3. The molecule has 4 amide bonds. The molecule has 1 aromatic carbocycles. The third kappa shape index (κ3) is 7.97. The van der Waals surface area contributed by atoms with E-state index in [-0.39, 0.29) is 31.2 Å². The molecule has 2 aromatic rings. The number of hydrogen-bond acceptors (Lipinski definition) is 11. The Bertz CT molecular complexity index is 2020. The molecule has 0 bridgehead atoms. The number of morpholine rings is 1. The highest BCUT2D eigenvalue weighted by Gasteiger charge is 2.63. The zero-order valence-electron chi connectivity index (χ0n) is 32.3. The molecule has 4 N–H and O–H groups in total. The van der Waals surface area contributed by atoms with Crippen molar-refractivity contribution in [2.45, 2.75) is 94.2 Å². The standard InChI is InChI=1S/C39H52N6O10S/c1-23-7-5-6-8-26-21-39(26,36(48)43-56(51,52)38(3)11-12-38)42-33(46)30-20-28(22-45(30)35(47)32(24(2)17-23)41-37(49)50)55-34-29-10-9-27(53-4)18-25(29)19-31(40-34)44-13-15-54-16-14-44/h6,8-10,18-19,23-24,26,28,30,32,41H,5,7,11-17,20-22H2,1-4H3,(H,42,46)(H,43,48)(H,49,50)/t23-,24+,26+,28+,30-,32-,39+/m0/s1. The van der Waals surface area contributed by atoms with Crippen molar-refractivity contribution in [1.29, 1.82) is 0 Å². The van der Waals surface area contributed by atoms with E-state index in [0.717, 1.165) is 11.8 Å². The van der Waals surface area contributed by atoms with Crippen molar-refractivity contribution >= 4 is 50.4 Å². The number of amides is 4. The van der Waals surface area contributed by atoms with Crippen molar-refractivity contribution in [2.24, 2.45) is 17.8 Å². The fourth-order valence-electron chi connectivity index (χ4n) is 8.25. The zero-order valence-corrected chi connectivity index (χ0v) is 33.1. The minimum Gasteiger partial charge on any atom is -0.497 e. The van der Waals surface area contributed by atoms with Crippen LogP contribution in [0.5, 0.6) is 11.6 Å². The van der Waals surface area contributed by atoms with Crippen LogP contribution in [0, 0.1) is 17.8 Å². The van der Waals surface area contributed by atoms with E-state index in [1.54, 1.807) is 20.1 Å². The Labute approximate surface area is 326 Å². The van der Waals surface area contributed by atoms with Crippen LogP contribution in [0.1, 0.15) is 65.7 Å². The Kier molecular flexibility index (Phi) is 10.9. The SMILES string of the molecule is COc1ccc2c(O[C@@H]3C[C@H]4C(=O)N[C@]5(C(=O)NS(=O)(=O)C6(C)CC6)C[C@H]5C=CCC[C@H](C)C[C@@H](C)[C@H](NC(=O)O)C(=O)N4C3)nc(N3CCOCC3)cc2c1. The molecule has 4 fully saturated rings. The topological polar surface area (TPSA) is 206 Å². The van der Waals surface area contributed by atoms with Gasteiger partial charge in [-0.25, -0.2) is 13.2 Å². The summed E-state index contributed by atoms with van der Waals surface area (Å²) < 4.78 is 45.3. The number of carbonyl (C=O) groups excluding carboxylic acids is 3. The van der Waals surface area contributed by atoms with Gasteiger partial charge in [0.2, 0.25) is 27.7 Å². The van der Waals surface area contributed by atoms with Crippen molar-refractivity contribution in [2.75, 3.05) is 44.9 Å². The van der Waals surface area contributed by atoms with E-state index in [2.05, 4.69) is 20.3 Å². The monoisotopic (exact) mass is 796 g/mol. The maximum Gasteiger partial charge on any atom is 0.405 e. The number of anilines is 1. The van der Waals surface area contributed by atoms with E-state index in [1.165, 1.54) is 4.90 Å². The molecule has 0 unspecified atom stereocenters. The largest absolute Gasteiger partial charge is 0.497 e. The summed E-state index contributed by atoms with van der Waals surface area (Å²) in [5, 5.41) is 16.6. The van der Waals surface area contributed by atoms with Gasteiger partial charge in [-0.05, 0) is 86.9 Å². The average molecular weight is 797 g/mol. The molecule has 56 heavy (non-hydrogen) atoms. The number of ether oxygens (including phenoxy) is 3. The Balaban J connectivity index is 1.23. The molecule has 7 rings (SSSR count). The number of hydrogen-bond donors (Lipinski definition) is 4. The number of carboxylic acid groups (broad SMARTS) is 1. The number of nitrogens with zero attached hydrogens (tertiary/aromatic N) is 3. The summed E-state index contributed by atoms with van der Waals surface area (Å²) in [6, 6.07) is 5.10. The molecule has 7 atom stereocenters. The van der Waals surface area contributed by atoms with Gasteiger partial charge in [-0.1, -0.05) is 26.0 Å². The number of fused-ring (bicyclic) bond motifs is 3. The van der Waals surface area contributed by atoms with Crippen LogP contribution < -0.4 is 29.7 Å². The number of allylic oxidation sites excluding steroid dienone is 1. The summed E-state index contributed by atoms with van der Waals surface area (Å²) in [6.07, 6.45) is 4.60. The summed E-state index contributed by atoms with van der Waals surface area (Å²) in [7, 11) is -2.43. The number of pyridine rings is 1. The molecule has 4 heterocycles. The maximum atomic E-state index is 14.6. The van der Waals surface area contributed by atoms with Crippen LogP contribution >= 0.6 is 0 Å². The summed E-state index contributed by atoms with van der Waals surface area (Å²) in [4.78, 5) is 63.4. The third-order valence-electron chi connectivity index (χ3n) is 12.1. The molecule has 5 aliphatic rings. The first-order valence-electron chi connectivity index (χ1n) is 19.5. The van der Waals surface area contributed by atoms with Gasteiger partial charge in [-0.15, -0.1) is 0 Å². The fraction of sp³-hybridized carbons (Fsp3) is 0.615. The predicted molar refractivity (Wildman–Crippen MR) is 206 cm³/mol. The van der Waals surface area contributed by atoms with Crippen LogP contribution in [-0.2, 0) is 29.1 Å². The molecular formula is C39H52N6O10S. The second-order valence-electron chi connectivity index (χ2n) is 16.4. The zero-order chi connectivity index (χ0) is 40.0. The number of rotatable bonds is 8. The first-order chi connectivity index (χ1) is 26.6. The van der Waals surface area contributed by atoms with Gasteiger partial charge < -0.3 is 39.8 Å². The molecule has 0 spiro atoms. The van der Waals surface area contributed by atoms with E-state index in [0.29, 0.717) is 68.9 Å². The van der Waals surface area contributed by atoms with Gasteiger partial charge >= 0.3 is 6.09 Å². The normalized spacial score (nSPS) is 30.6. The van der Waals surface area contributed by atoms with Crippen LogP contribution in [0.25, 0.3) is 10.8 Å². The summed E-state index contributed by atoms with van der Waals surface area (Å²) in [5.74, 6) is -1.26. The third-order valence-corrected chi connectivity index (χ3v) is 14.3. The van der Waals surface area contributed by atoms with Crippen molar-refractivity contribution < 1.29 is 46.9 Å². The Morgan fingerprint density at radius 2 is 1.86 bits per heavy atom. The summed E-state index contributed by atoms with van der Waals surface area (Å²) in [5.41, 5.74) is -1.55. The number of methoxy groups -OCH3 is 1. The fourth-order valence-corrected chi connectivity index (χ4v) is 9.56. The van der Waals surface area contributed by atoms with Gasteiger partial charge in [-0.3, -0.25) is 19.1 Å². The van der Waals surface area contributed by atoms with Crippen LogP contribution in [-0.4, -0.2) is 116 Å². The van der Waals surface area contributed by atoms with Gasteiger partial charge in [0.25, 0.3) is 5.91 Å². The van der Waals surface area contributed by atoms with E-state index < -0.39 is 74.1 Å². The second kappa shape index (κ2) is 15.4. The van der Waals surface area contributed by atoms with Gasteiger partial charge in [0.05, 0.1) is 31.6 Å². The van der Waals surface area contributed by atoms with Crippen molar-refractivity contribution in [3.8, 4) is 11.6 Å². The predicted octanol–water partition coefficient (Wildman–Crippen LogP) is 2.95. The van der Waals surface area contributed by atoms with Gasteiger partial charge in [0, 0.05) is 30.8 Å². The lowest BCUT2D eigenvalue weighted by molar-refractivity contribution is -0.142. The maximum absolute atomic E-state index is 14.6. The summed E-state index contributed by atoms with van der Waals surface area (Å²) in [6.45, 7) is 7.67. The highest BCUT2D eigenvalue weighted by Crippen LogP contribution is 2.47. The van der Waals surface area contributed by atoms with Gasteiger partial charge in [0.15, 0.2) is 0 Å². The van der Waals surface area contributed by atoms with E-state index >= 15 is 0 Å². The quantitative estimate of drug-likeness (QED) is 0.285.